The van der Waals surface area contributed by atoms with Crippen molar-refractivity contribution in [2.45, 2.75) is 57.0 Å². The summed E-state index contributed by atoms with van der Waals surface area (Å²) in [7, 11) is -3.17. The second-order valence-electron chi connectivity index (χ2n) is 6.35. The highest BCUT2D eigenvalue weighted by molar-refractivity contribution is 7.88. The molecule has 0 spiro atoms. The molecule has 7 heteroatoms. The monoisotopic (exact) mass is 317 g/mol. The van der Waals surface area contributed by atoms with Crippen LogP contribution >= 0.6 is 0 Å². The van der Waals surface area contributed by atoms with E-state index >= 15 is 0 Å². The fourth-order valence-corrected chi connectivity index (χ4v) is 4.88. The van der Waals surface area contributed by atoms with Gasteiger partial charge in [0, 0.05) is 25.7 Å². The van der Waals surface area contributed by atoms with E-state index in [-0.39, 0.29) is 11.9 Å². The molecule has 6 nitrogen and oxygen atoms in total. The van der Waals surface area contributed by atoms with Gasteiger partial charge >= 0.3 is 0 Å². The Hall–Kier alpha value is -0.660. The Balaban J connectivity index is 1.95. The van der Waals surface area contributed by atoms with E-state index in [1.807, 2.05) is 11.8 Å². The highest BCUT2D eigenvalue weighted by Crippen LogP contribution is 2.30. The zero-order valence-electron chi connectivity index (χ0n) is 13.0. The number of hydrogen-bond acceptors (Lipinski definition) is 4. The van der Waals surface area contributed by atoms with Crippen LogP contribution in [0.15, 0.2) is 0 Å². The lowest BCUT2D eigenvalue weighted by molar-refractivity contribution is -0.138. The van der Waals surface area contributed by atoms with Crippen molar-refractivity contribution in [3.8, 4) is 0 Å². The van der Waals surface area contributed by atoms with Crippen molar-refractivity contribution in [2.75, 3.05) is 25.9 Å². The maximum absolute atomic E-state index is 12.5. The van der Waals surface area contributed by atoms with Crippen molar-refractivity contribution in [2.24, 2.45) is 5.73 Å². The number of rotatable bonds is 4. The van der Waals surface area contributed by atoms with Gasteiger partial charge in [-0.15, -0.1) is 0 Å². The molecule has 2 aliphatic rings. The maximum atomic E-state index is 12.5. The van der Waals surface area contributed by atoms with Crippen LogP contribution in [0.1, 0.15) is 45.4 Å². The average molecular weight is 317 g/mol. The average Bonchev–Trinajstić information content (AvgIpc) is 2.86. The Bertz CT molecular complexity index is 478. The first-order chi connectivity index (χ1) is 9.78. The van der Waals surface area contributed by atoms with E-state index in [0.717, 1.165) is 25.7 Å². The van der Waals surface area contributed by atoms with Gasteiger partial charge in [0.2, 0.25) is 15.9 Å². The Labute approximate surface area is 127 Å². The van der Waals surface area contributed by atoms with Gasteiger partial charge in [-0.3, -0.25) is 4.79 Å². The summed E-state index contributed by atoms with van der Waals surface area (Å²) >= 11 is 0. The molecule has 2 rings (SSSR count). The number of hydrogen-bond donors (Lipinski definition) is 1. The van der Waals surface area contributed by atoms with E-state index in [9.17, 15) is 13.2 Å². The minimum atomic E-state index is -3.17. The van der Waals surface area contributed by atoms with Gasteiger partial charge in [0.05, 0.1) is 11.8 Å². The molecule has 122 valence electrons. The van der Waals surface area contributed by atoms with Crippen LogP contribution in [0, 0.1) is 0 Å². The smallest absolute Gasteiger partial charge is 0.242 e. The summed E-state index contributed by atoms with van der Waals surface area (Å²) in [5.74, 6) is 0.0563. The summed E-state index contributed by atoms with van der Waals surface area (Å²) in [6, 6.07) is 0.00588. The minimum Gasteiger partial charge on any atom is -0.341 e. The Kier molecular flexibility index (Phi) is 4.95. The van der Waals surface area contributed by atoms with Gasteiger partial charge < -0.3 is 10.6 Å². The van der Waals surface area contributed by atoms with Gasteiger partial charge in [0.25, 0.3) is 0 Å². The van der Waals surface area contributed by atoms with Gasteiger partial charge in [0.1, 0.15) is 0 Å². The molecule has 2 fully saturated rings. The molecule has 0 aromatic carbocycles. The van der Waals surface area contributed by atoms with Gasteiger partial charge in [-0.2, -0.15) is 4.31 Å². The van der Waals surface area contributed by atoms with Crippen molar-refractivity contribution in [3.05, 3.63) is 0 Å². The zero-order valence-corrected chi connectivity index (χ0v) is 13.9. The summed E-state index contributed by atoms with van der Waals surface area (Å²) in [4.78, 5) is 14.4. The second kappa shape index (κ2) is 6.22. The third-order valence-electron chi connectivity index (χ3n) is 4.82. The van der Waals surface area contributed by atoms with Crippen molar-refractivity contribution < 1.29 is 13.2 Å². The highest BCUT2D eigenvalue weighted by atomic mass is 32.2. The van der Waals surface area contributed by atoms with E-state index < -0.39 is 15.6 Å². The number of nitrogens with two attached hydrogens (primary N) is 1. The second-order valence-corrected chi connectivity index (χ2v) is 8.29. The van der Waals surface area contributed by atoms with E-state index in [1.54, 1.807) is 4.31 Å². The first-order valence-electron chi connectivity index (χ1n) is 7.83. The third-order valence-corrected chi connectivity index (χ3v) is 6.23. The van der Waals surface area contributed by atoms with Crippen LogP contribution in [0.25, 0.3) is 0 Å². The summed E-state index contributed by atoms with van der Waals surface area (Å²) in [6.07, 6.45) is 6.24. The zero-order chi connectivity index (χ0) is 15.7. The molecule has 21 heavy (non-hydrogen) atoms. The van der Waals surface area contributed by atoms with Crippen LogP contribution in [0.3, 0.4) is 0 Å². The summed E-state index contributed by atoms with van der Waals surface area (Å²) < 4.78 is 25.1. The highest BCUT2D eigenvalue weighted by Gasteiger charge is 2.41. The van der Waals surface area contributed by atoms with Crippen molar-refractivity contribution in [1.29, 1.82) is 0 Å². The first kappa shape index (κ1) is 16.7. The lowest BCUT2D eigenvalue weighted by Gasteiger charge is -2.39. The molecule has 1 saturated heterocycles. The number of carbonyl (C=O) groups excluding carboxylic acids is 1. The molecule has 0 aromatic rings. The number of likely N-dealkylation sites (tertiary alicyclic amines) is 1. The predicted molar refractivity (Wildman–Crippen MR) is 82.2 cm³/mol. The number of sulfonamides is 1. The van der Waals surface area contributed by atoms with Gasteiger partial charge in [0.15, 0.2) is 0 Å². The lowest BCUT2D eigenvalue weighted by atomic mass is 9.95. The molecular formula is C14H27N3O3S. The fourth-order valence-electron chi connectivity index (χ4n) is 3.66. The SMILES string of the molecule is CCN(C1CCN(C(=O)C2(N)CCCC2)CC1)S(C)(=O)=O. The minimum absolute atomic E-state index is 0.00588. The largest absolute Gasteiger partial charge is 0.341 e. The number of carbonyl (C=O) groups is 1. The third kappa shape index (κ3) is 3.57. The van der Waals surface area contributed by atoms with Crippen molar-refractivity contribution in [3.63, 3.8) is 0 Å². The van der Waals surface area contributed by atoms with Crippen LogP contribution in [0.2, 0.25) is 0 Å². The van der Waals surface area contributed by atoms with Crippen molar-refractivity contribution in [1.82, 2.24) is 9.21 Å². The van der Waals surface area contributed by atoms with Crippen molar-refractivity contribution >= 4 is 15.9 Å². The van der Waals surface area contributed by atoms with E-state index in [0.29, 0.717) is 32.5 Å². The molecule has 1 amide bonds. The Morgan fingerprint density at radius 1 is 1.29 bits per heavy atom. The van der Waals surface area contributed by atoms with Crippen LogP contribution in [0.5, 0.6) is 0 Å². The van der Waals surface area contributed by atoms with Crippen LogP contribution in [0.4, 0.5) is 0 Å². The topological polar surface area (TPSA) is 83.7 Å². The molecule has 0 bridgehead atoms. The Morgan fingerprint density at radius 2 is 1.81 bits per heavy atom. The molecule has 1 saturated carbocycles. The normalized spacial score (nSPS) is 23.7. The molecular weight excluding hydrogens is 290 g/mol. The standard InChI is InChI=1S/C14H27N3O3S/c1-3-17(21(2,19)20)12-6-10-16(11-7-12)13(18)14(15)8-4-5-9-14/h12H,3-11,15H2,1-2H3. The predicted octanol–water partition coefficient (Wildman–Crippen LogP) is 0.530. The van der Waals surface area contributed by atoms with Gasteiger partial charge in [-0.05, 0) is 25.7 Å². The molecule has 0 aromatic heterocycles. The summed E-state index contributed by atoms with van der Waals surface area (Å²) in [5.41, 5.74) is 5.55. The lowest BCUT2D eigenvalue weighted by Crippen LogP contribution is -2.57. The number of amides is 1. The first-order valence-corrected chi connectivity index (χ1v) is 9.68. The van der Waals surface area contributed by atoms with Crippen LogP contribution in [-0.2, 0) is 14.8 Å². The molecule has 0 atom stereocenters. The Morgan fingerprint density at radius 3 is 2.24 bits per heavy atom. The summed E-state index contributed by atoms with van der Waals surface area (Å²) in [6.45, 7) is 3.55. The number of nitrogens with zero attached hydrogens (tertiary/aromatic N) is 2. The van der Waals surface area contributed by atoms with E-state index in [1.165, 1.54) is 6.26 Å². The molecule has 1 aliphatic heterocycles. The maximum Gasteiger partial charge on any atom is 0.242 e. The van der Waals surface area contributed by atoms with E-state index in [2.05, 4.69) is 0 Å². The van der Waals surface area contributed by atoms with E-state index in [4.69, 9.17) is 5.73 Å². The molecule has 2 N–H and O–H groups in total. The quantitative estimate of drug-likeness (QED) is 0.820. The molecule has 0 unspecified atom stereocenters. The fraction of sp³-hybridized carbons (Fsp3) is 0.929. The summed E-state index contributed by atoms with van der Waals surface area (Å²) in [5, 5.41) is 0. The van der Waals surface area contributed by atoms with Crippen LogP contribution in [-0.4, -0.2) is 61.0 Å². The van der Waals surface area contributed by atoms with Gasteiger partial charge in [-0.1, -0.05) is 19.8 Å². The van der Waals surface area contributed by atoms with Crippen LogP contribution < -0.4 is 5.73 Å². The molecule has 0 radical (unpaired) electrons. The molecule has 1 aliphatic carbocycles. The van der Waals surface area contributed by atoms with Gasteiger partial charge in [-0.25, -0.2) is 8.42 Å². The number of piperidine rings is 1. The molecule has 1 heterocycles.